The van der Waals surface area contributed by atoms with E-state index in [1.165, 1.54) is 18.2 Å². The summed E-state index contributed by atoms with van der Waals surface area (Å²) in [6.45, 7) is 0. The van der Waals surface area contributed by atoms with Crippen molar-refractivity contribution in [3.8, 4) is 17.3 Å². The van der Waals surface area contributed by atoms with E-state index in [9.17, 15) is 33.3 Å². The lowest BCUT2D eigenvalue weighted by Gasteiger charge is -2.11. The molecule has 0 amide bonds. The van der Waals surface area contributed by atoms with Crippen LogP contribution in [0.1, 0.15) is 21.6 Å². The van der Waals surface area contributed by atoms with Crippen molar-refractivity contribution in [3.63, 3.8) is 0 Å². The summed E-state index contributed by atoms with van der Waals surface area (Å²) >= 11 is 0.724. The van der Waals surface area contributed by atoms with E-state index >= 15 is 0 Å². The highest BCUT2D eigenvalue weighted by atomic mass is 32.2. The summed E-state index contributed by atoms with van der Waals surface area (Å²) in [5.41, 5.74) is -1.03. The van der Waals surface area contributed by atoms with Gasteiger partial charge in [-0.25, -0.2) is 9.97 Å². The molecule has 0 unspecified atom stereocenters. The zero-order chi connectivity index (χ0) is 27.3. The highest BCUT2D eigenvalue weighted by Crippen LogP contribution is 2.36. The second kappa shape index (κ2) is 11.1. The molecule has 1 heterocycles. The van der Waals surface area contributed by atoms with Crippen LogP contribution >= 0.6 is 11.8 Å². The predicted octanol–water partition coefficient (Wildman–Crippen LogP) is 7.01. The lowest BCUT2D eigenvalue weighted by atomic mass is 10.0. The molecule has 3 aromatic carbocycles. The Labute approximate surface area is 218 Å². The maximum absolute atomic E-state index is 13.6. The Morgan fingerprint density at radius 3 is 2.24 bits per heavy atom. The number of allylic oxidation sites excluding steroid dienone is 1. The Bertz CT molecular complexity index is 1590. The van der Waals surface area contributed by atoms with Crippen LogP contribution in [0.15, 0.2) is 101 Å². The summed E-state index contributed by atoms with van der Waals surface area (Å²) in [7, 11) is 0. The van der Waals surface area contributed by atoms with E-state index in [-0.39, 0.29) is 38.1 Å². The number of hydrogen-bond donors (Lipinski definition) is 0. The van der Waals surface area contributed by atoms with Crippen molar-refractivity contribution in [2.24, 2.45) is 0 Å². The topological polar surface area (TPSA) is 110 Å². The van der Waals surface area contributed by atoms with Gasteiger partial charge in [-0.3, -0.25) is 14.9 Å². The normalized spacial score (nSPS) is 11.6. The van der Waals surface area contributed by atoms with E-state index in [2.05, 4.69) is 9.97 Å². The molecule has 0 atom stereocenters. The molecule has 0 fully saturated rings. The first-order valence-electron chi connectivity index (χ1n) is 10.9. The molecule has 0 N–H and O–H groups in total. The van der Waals surface area contributed by atoms with Gasteiger partial charge in [0.25, 0.3) is 5.69 Å². The van der Waals surface area contributed by atoms with Gasteiger partial charge in [0.1, 0.15) is 17.3 Å². The third-order valence-electron chi connectivity index (χ3n) is 5.17. The number of nitrogens with zero attached hydrogens (tertiary/aromatic N) is 4. The molecule has 0 saturated heterocycles. The number of nitro groups is 1. The zero-order valence-electron chi connectivity index (χ0n) is 19.2. The molecule has 0 aliphatic rings. The van der Waals surface area contributed by atoms with Crippen molar-refractivity contribution < 1.29 is 22.9 Å². The number of carbonyl (C=O) groups is 1. The van der Waals surface area contributed by atoms with Crippen LogP contribution in [-0.4, -0.2) is 20.7 Å². The molecular weight excluding hydrogens is 517 g/mol. The summed E-state index contributed by atoms with van der Waals surface area (Å²) in [5, 5.41) is 20.8. The molecule has 4 aromatic rings. The second-order valence-electron chi connectivity index (χ2n) is 7.73. The molecule has 4 rings (SSSR count). The minimum atomic E-state index is -4.75. The summed E-state index contributed by atoms with van der Waals surface area (Å²) in [4.78, 5) is 31.7. The Morgan fingerprint density at radius 2 is 1.63 bits per heavy atom. The minimum absolute atomic E-state index is 0.0337. The van der Waals surface area contributed by atoms with Crippen LogP contribution in [0.5, 0.6) is 0 Å². The maximum atomic E-state index is 13.6. The number of halogens is 3. The van der Waals surface area contributed by atoms with E-state index in [1.54, 1.807) is 54.6 Å². The molecule has 1 aromatic heterocycles. The van der Waals surface area contributed by atoms with E-state index in [4.69, 9.17) is 0 Å². The van der Waals surface area contributed by atoms with Crippen LogP contribution in [0, 0.1) is 21.4 Å². The first kappa shape index (κ1) is 26.2. The summed E-state index contributed by atoms with van der Waals surface area (Å²) in [5.74, 6) is -0.614. The quantitative estimate of drug-likeness (QED) is 0.0629. The SMILES string of the molecule is N#C/C(=C/c1cc([N+](=O)[O-])ccc1Sc1nc(-c2ccccc2)cc(C(F)(F)F)n1)C(=O)c1ccccc1. The first-order chi connectivity index (χ1) is 18.2. The predicted molar refractivity (Wildman–Crippen MR) is 134 cm³/mol. The monoisotopic (exact) mass is 532 g/mol. The number of hydrogen-bond acceptors (Lipinski definition) is 7. The van der Waals surface area contributed by atoms with E-state index in [1.807, 2.05) is 0 Å². The largest absolute Gasteiger partial charge is 0.433 e. The van der Waals surface area contributed by atoms with Crippen LogP contribution in [-0.2, 0) is 6.18 Å². The molecule has 7 nitrogen and oxygen atoms in total. The average Bonchev–Trinajstić information content (AvgIpc) is 2.92. The molecule has 0 spiro atoms. The Hall–Kier alpha value is -4.82. The Kier molecular flexibility index (Phi) is 7.64. The van der Waals surface area contributed by atoms with Crippen LogP contribution in [0.25, 0.3) is 17.3 Å². The van der Waals surface area contributed by atoms with Gasteiger partial charge < -0.3 is 0 Å². The molecule has 0 saturated carbocycles. The molecule has 38 heavy (non-hydrogen) atoms. The number of rotatable bonds is 7. The number of ketones is 1. The third kappa shape index (κ3) is 6.11. The van der Waals surface area contributed by atoms with Crippen molar-refractivity contribution in [1.82, 2.24) is 9.97 Å². The number of alkyl halides is 3. The van der Waals surface area contributed by atoms with Crippen LogP contribution < -0.4 is 0 Å². The highest BCUT2D eigenvalue weighted by Gasteiger charge is 2.34. The van der Waals surface area contributed by atoms with Gasteiger partial charge in [0.2, 0.25) is 5.78 Å². The fraction of sp³-hybridized carbons (Fsp3) is 0.0370. The standard InChI is InChI=1S/C27H15F3N4O3S/c28-27(29,30)24-15-22(17-7-3-1-4-8-17)32-26(33-24)38-23-12-11-21(34(36)37)14-19(23)13-20(16-31)25(35)18-9-5-2-6-10-18/h1-15H/b20-13-. The van der Waals surface area contributed by atoms with Gasteiger partial charge in [0, 0.05) is 28.2 Å². The number of aromatic nitrogens is 2. The van der Waals surface area contributed by atoms with Gasteiger partial charge in [-0.15, -0.1) is 0 Å². The zero-order valence-corrected chi connectivity index (χ0v) is 20.0. The smallest absolute Gasteiger partial charge is 0.288 e. The Balaban J connectivity index is 1.82. The molecule has 11 heteroatoms. The fourth-order valence-corrected chi connectivity index (χ4v) is 4.23. The van der Waals surface area contributed by atoms with Crippen molar-refractivity contribution >= 4 is 29.3 Å². The van der Waals surface area contributed by atoms with Crippen LogP contribution in [0.2, 0.25) is 0 Å². The third-order valence-corrected chi connectivity index (χ3v) is 6.13. The molecule has 0 aliphatic carbocycles. The van der Waals surface area contributed by atoms with Gasteiger partial charge in [0.15, 0.2) is 5.16 Å². The molecule has 0 bridgehead atoms. The van der Waals surface area contributed by atoms with Gasteiger partial charge in [0.05, 0.1) is 10.6 Å². The molecule has 0 aliphatic heterocycles. The number of benzene rings is 3. The number of carbonyl (C=O) groups excluding carboxylic acids is 1. The number of Topliss-reactive ketones (excluding diaryl/α,β-unsaturated/α-hetero) is 1. The maximum Gasteiger partial charge on any atom is 0.433 e. The summed E-state index contributed by atoms with van der Waals surface area (Å²) in [6, 6.07) is 22.4. The summed E-state index contributed by atoms with van der Waals surface area (Å²) < 4.78 is 40.9. The second-order valence-corrected chi connectivity index (χ2v) is 8.74. The van der Waals surface area contributed by atoms with E-state index < -0.39 is 22.6 Å². The Morgan fingerprint density at radius 1 is 0.974 bits per heavy atom. The molecular formula is C27H15F3N4O3S. The number of nitriles is 1. The van der Waals surface area contributed by atoms with Crippen molar-refractivity contribution in [2.45, 2.75) is 16.2 Å². The lowest BCUT2D eigenvalue weighted by molar-refractivity contribution is -0.384. The van der Waals surface area contributed by atoms with Crippen LogP contribution in [0.4, 0.5) is 18.9 Å². The van der Waals surface area contributed by atoms with Gasteiger partial charge in [-0.05, 0) is 35.5 Å². The van der Waals surface area contributed by atoms with E-state index in [0.29, 0.717) is 5.56 Å². The van der Waals surface area contributed by atoms with Gasteiger partial charge in [-0.2, -0.15) is 18.4 Å². The minimum Gasteiger partial charge on any atom is -0.288 e. The van der Waals surface area contributed by atoms with Gasteiger partial charge >= 0.3 is 6.18 Å². The lowest BCUT2D eigenvalue weighted by Crippen LogP contribution is -2.10. The highest BCUT2D eigenvalue weighted by molar-refractivity contribution is 7.99. The van der Waals surface area contributed by atoms with Crippen molar-refractivity contribution in [2.75, 3.05) is 0 Å². The fourth-order valence-electron chi connectivity index (χ4n) is 3.38. The van der Waals surface area contributed by atoms with Crippen molar-refractivity contribution in [1.29, 1.82) is 5.26 Å². The number of nitro benzene ring substituents is 1. The first-order valence-corrected chi connectivity index (χ1v) is 11.7. The van der Waals surface area contributed by atoms with Gasteiger partial charge in [-0.1, -0.05) is 60.7 Å². The molecule has 188 valence electrons. The van der Waals surface area contributed by atoms with Crippen molar-refractivity contribution in [3.05, 3.63) is 117 Å². The number of non-ortho nitro benzene ring substituents is 1. The molecule has 0 radical (unpaired) electrons. The van der Waals surface area contributed by atoms with E-state index in [0.717, 1.165) is 36.0 Å². The van der Waals surface area contributed by atoms with Crippen LogP contribution in [0.3, 0.4) is 0 Å². The summed E-state index contributed by atoms with van der Waals surface area (Å²) in [6.07, 6.45) is -3.59. The average molecular weight is 533 g/mol.